The first kappa shape index (κ1) is 17.4. The van der Waals surface area contributed by atoms with Gasteiger partial charge in [-0.05, 0) is 25.4 Å². The van der Waals surface area contributed by atoms with Crippen LogP contribution < -0.4 is 4.90 Å². The number of aromatic nitrogens is 4. The fraction of sp³-hybridized carbons (Fsp3) is 0.571. The van der Waals surface area contributed by atoms with Crippen molar-refractivity contribution in [1.82, 2.24) is 23.2 Å². The van der Waals surface area contributed by atoms with Crippen molar-refractivity contribution < 1.29 is 17.9 Å². The van der Waals surface area contributed by atoms with E-state index in [1.54, 1.807) is 13.8 Å². The zero-order valence-electron chi connectivity index (χ0n) is 14.5. The van der Waals surface area contributed by atoms with Gasteiger partial charge in [0.25, 0.3) is 0 Å². The average Bonchev–Trinajstić information content (AvgIpc) is 3.24. The Kier molecular flexibility index (Phi) is 4.00. The van der Waals surface area contributed by atoms with Crippen LogP contribution in [-0.4, -0.2) is 63.7 Å². The van der Waals surface area contributed by atoms with E-state index >= 15 is 0 Å². The molecular formula is C14H18N6O4S2. The van der Waals surface area contributed by atoms with Gasteiger partial charge in [-0.15, -0.1) is 0 Å². The lowest BCUT2D eigenvalue weighted by atomic mass is 10.2. The summed E-state index contributed by atoms with van der Waals surface area (Å²) in [5.74, 6) is 1.67. The summed E-state index contributed by atoms with van der Waals surface area (Å²) >= 11 is 1.23. The quantitative estimate of drug-likeness (QED) is 0.758. The number of sulfonamides is 1. The number of fused-ring (bicyclic) bond motifs is 1. The molecule has 0 bridgehead atoms. The predicted octanol–water partition coefficient (Wildman–Crippen LogP) is 1.00. The summed E-state index contributed by atoms with van der Waals surface area (Å²) in [6, 6.07) is -0.461. The smallest absolute Gasteiger partial charge is 0.415 e. The lowest BCUT2D eigenvalue weighted by Crippen LogP contribution is -2.41. The lowest BCUT2D eigenvalue weighted by Gasteiger charge is -2.33. The van der Waals surface area contributed by atoms with Crippen molar-refractivity contribution >= 4 is 33.5 Å². The van der Waals surface area contributed by atoms with Gasteiger partial charge in [-0.2, -0.15) is 8.68 Å². The van der Waals surface area contributed by atoms with Crippen LogP contribution in [0.2, 0.25) is 0 Å². The molecule has 2 aliphatic rings. The van der Waals surface area contributed by atoms with Crippen molar-refractivity contribution in [3.63, 3.8) is 0 Å². The lowest BCUT2D eigenvalue weighted by molar-refractivity contribution is 0.181. The van der Waals surface area contributed by atoms with Gasteiger partial charge < -0.3 is 9.30 Å². The minimum atomic E-state index is -3.39. The van der Waals surface area contributed by atoms with Gasteiger partial charge in [-0.1, -0.05) is 0 Å². The predicted molar refractivity (Wildman–Crippen MR) is 94.5 cm³/mol. The first-order chi connectivity index (χ1) is 12.3. The molecular weight excluding hydrogens is 380 g/mol. The molecule has 26 heavy (non-hydrogen) atoms. The van der Waals surface area contributed by atoms with E-state index in [-0.39, 0.29) is 6.61 Å². The molecule has 2 aliphatic heterocycles. The molecule has 1 fully saturated rings. The Morgan fingerprint density at radius 3 is 2.58 bits per heavy atom. The minimum absolute atomic E-state index is 0.280. The third-order valence-electron chi connectivity index (χ3n) is 4.52. The Bertz CT molecular complexity index is 982. The Balaban J connectivity index is 1.89. The molecule has 2 aromatic heterocycles. The third-order valence-corrected chi connectivity index (χ3v) is 6.67. The molecule has 1 amide bonds. The van der Waals surface area contributed by atoms with Gasteiger partial charge in [0.05, 0.1) is 24.5 Å². The molecule has 1 saturated heterocycles. The second kappa shape index (κ2) is 5.99. The summed E-state index contributed by atoms with van der Waals surface area (Å²) in [5, 5.41) is 0.641. The van der Waals surface area contributed by atoms with Crippen LogP contribution in [0.4, 0.5) is 10.6 Å². The fourth-order valence-electron chi connectivity index (χ4n) is 3.41. The van der Waals surface area contributed by atoms with E-state index in [9.17, 15) is 13.2 Å². The van der Waals surface area contributed by atoms with Crippen LogP contribution in [0.15, 0.2) is 0 Å². The highest BCUT2D eigenvalue weighted by molar-refractivity contribution is 7.88. The normalized spacial score (nSPS) is 21.1. The fourth-order valence-corrected chi connectivity index (χ4v) is 5.17. The molecule has 0 saturated carbocycles. The highest BCUT2D eigenvalue weighted by Gasteiger charge is 2.39. The van der Waals surface area contributed by atoms with Gasteiger partial charge in [0.1, 0.15) is 12.4 Å². The number of nitrogens with zero attached hydrogens (tertiary/aromatic N) is 6. The second-order valence-electron chi connectivity index (χ2n) is 6.26. The average molecular weight is 398 g/mol. The van der Waals surface area contributed by atoms with Crippen LogP contribution in [-0.2, 0) is 21.3 Å². The van der Waals surface area contributed by atoms with Gasteiger partial charge in [0, 0.05) is 13.1 Å². The van der Waals surface area contributed by atoms with E-state index in [0.29, 0.717) is 47.8 Å². The summed E-state index contributed by atoms with van der Waals surface area (Å²) < 4.78 is 36.9. The summed E-state index contributed by atoms with van der Waals surface area (Å²) in [7, 11) is -3.39. The van der Waals surface area contributed by atoms with Crippen LogP contribution in [0.1, 0.15) is 24.5 Å². The molecule has 1 atom stereocenters. The second-order valence-corrected chi connectivity index (χ2v) is 8.95. The molecule has 0 radical (unpaired) electrons. The molecule has 0 N–H and O–H groups in total. The third kappa shape index (κ3) is 2.68. The summed E-state index contributed by atoms with van der Waals surface area (Å²) in [4.78, 5) is 22.6. The van der Waals surface area contributed by atoms with E-state index in [0.717, 1.165) is 0 Å². The van der Waals surface area contributed by atoms with Gasteiger partial charge >= 0.3 is 6.09 Å². The number of rotatable bonds is 3. The van der Waals surface area contributed by atoms with Crippen molar-refractivity contribution in [3.05, 3.63) is 11.5 Å². The first-order valence-corrected chi connectivity index (χ1v) is 10.7. The van der Waals surface area contributed by atoms with Crippen molar-refractivity contribution in [3.8, 4) is 10.8 Å². The molecule has 12 heteroatoms. The monoisotopic (exact) mass is 398 g/mol. The largest absolute Gasteiger partial charge is 0.447 e. The van der Waals surface area contributed by atoms with Gasteiger partial charge in [-0.25, -0.2) is 23.2 Å². The first-order valence-electron chi connectivity index (χ1n) is 8.09. The van der Waals surface area contributed by atoms with E-state index in [1.807, 2.05) is 4.57 Å². The van der Waals surface area contributed by atoms with Crippen LogP contribution in [0.3, 0.4) is 0 Å². The molecule has 140 valence electrons. The van der Waals surface area contributed by atoms with E-state index in [1.165, 1.54) is 27.0 Å². The van der Waals surface area contributed by atoms with E-state index < -0.39 is 22.2 Å². The van der Waals surface area contributed by atoms with Crippen molar-refractivity contribution in [2.24, 2.45) is 0 Å². The number of imidazole rings is 1. The minimum Gasteiger partial charge on any atom is -0.447 e. The Morgan fingerprint density at radius 1 is 1.23 bits per heavy atom. The Hall–Kier alpha value is -2.05. The summed E-state index contributed by atoms with van der Waals surface area (Å²) in [5.41, 5.74) is 0.670. The van der Waals surface area contributed by atoms with Crippen LogP contribution in [0.25, 0.3) is 10.8 Å². The van der Waals surface area contributed by atoms with E-state index in [2.05, 4.69) is 14.3 Å². The standard InChI is InChI=1S/C14H18N6O4S2/c1-8-10-11(19-6-7-24-14(19)21)16-12(13-15-9(2)17-25-13)18(10)4-5-20(8)26(3,22)23/h8H,4-7H2,1-3H3. The number of carbonyl (C=O) groups excluding carboxylic acids is 1. The number of hydrogen-bond acceptors (Lipinski definition) is 8. The van der Waals surface area contributed by atoms with Gasteiger partial charge in [0.15, 0.2) is 16.6 Å². The molecule has 4 heterocycles. The summed E-state index contributed by atoms with van der Waals surface area (Å²) in [6.45, 7) is 5.01. The number of hydrogen-bond donors (Lipinski definition) is 0. The molecule has 2 aromatic rings. The zero-order valence-corrected chi connectivity index (χ0v) is 16.2. The van der Waals surface area contributed by atoms with Crippen LogP contribution in [0.5, 0.6) is 0 Å². The van der Waals surface area contributed by atoms with Gasteiger partial charge in [-0.3, -0.25) is 4.90 Å². The number of anilines is 1. The topological polar surface area (TPSA) is 111 Å². The molecule has 10 nitrogen and oxygen atoms in total. The maximum Gasteiger partial charge on any atom is 0.415 e. The molecule has 0 aromatic carbocycles. The molecule has 4 rings (SSSR count). The Morgan fingerprint density at radius 2 is 2.00 bits per heavy atom. The molecule has 0 spiro atoms. The number of amides is 1. The highest BCUT2D eigenvalue weighted by Crippen LogP contribution is 2.39. The molecule has 0 aliphatic carbocycles. The number of carbonyl (C=O) groups is 1. The van der Waals surface area contributed by atoms with Crippen molar-refractivity contribution in [2.75, 3.05) is 30.9 Å². The zero-order chi connectivity index (χ0) is 18.6. The van der Waals surface area contributed by atoms with Crippen LogP contribution >= 0.6 is 11.5 Å². The highest BCUT2D eigenvalue weighted by atomic mass is 32.2. The Labute approximate surface area is 154 Å². The molecule has 1 unspecified atom stereocenters. The maximum atomic E-state index is 12.2. The SMILES string of the molecule is Cc1nsc(-c2nc(N3CCOC3=O)c3n2CCN(S(C)(=O)=O)C3C)n1. The number of aryl methyl sites for hydroxylation is 1. The van der Waals surface area contributed by atoms with Crippen molar-refractivity contribution in [1.29, 1.82) is 0 Å². The van der Waals surface area contributed by atoms with Crippen molar-refractivity contribution in [2.45, 2.75) is 26.4 Å². The number of ether oxygens (including phenoxy) is 1. The van der Waals surface area contributed by atoms with Gasteiger partial charge in [0.2, 0.25) is 10.0 Å². The summed E-state index contributed by atoms with van der Waals surface area (Å²) in [6.07, 6.45) is 0.712. The number of cyclic esters (lactones) is 1. The maximum absolute atomic E-state index is 12.2. The van der Waals surface area contributed by atoms with Crippen LogP contribution in [0, 0.1) is 6.92 Å². The van der Waals surface area contributed by atoms with E-state index in [4.69, 9.17) is 4.74 Å².